The molecule has 1 N–H and O–H groups in total. The van der Waals surface area contributed by atoms with E-state index in [2.05, 4.69) is 20.8 Å². The standard InChI is InChI=1S/C15H22O3/c1-5-18-14(17)13(16)12-8-6-11(7-9-12)10-15(2,3)4/h6-9,13,16H,5,10H2,1-4H3. The Bertz CT molecular complexity index is 387. The van der Waals surface area contributed by atoms with E-state index < -0.39 is 12.1 Å². The highest BCUT2D eigenvalue weighted by Crippen LogP contribution is 2.22. The molecular weight excluding hydrogens is 228 g/mol. The predicted molar refractivity (Wildman–Crippen MR) is 71.2 cm³/mol. The van der Waals surface area contributed by atoms with Gasteiger partial charge in [0.2, 0.25) is 0 Å². The molecule has 0 amide bonds. The molecule has 100 valence electrons. The van der Waals surface area contributed by atoms with E-state index in [1.165, 1.54) is 5.56 Å². The fourth-order valence-electron chi connectivity index (χ4n) is 1.79. The number of hydrogen-bond acceptors (Lipinski definition) is 3. The second-order valence-electron chi connectivity index (χ2n) is 5.63. The van der Waals surface area contributed by atoms with Crippen LogP contribution in [-0.2, 0) is 16.0 Å². The molecule has 0 aliphatic carbocycles. The first-order chi connectivity index (χ1) is 8.33. The van der Waals surface area contributed by atoms with E-state index in [1.807, 2.05) is 12.1 Å². The smallest absolute Gasteiger partial charge is 0.339 e. The molecule has 0 heterocycles. The van der Waals surface area contributed by atoms with Crippen molar-refractivity contribution in [2.24, 2.45) is 5.41 Å². The number of carbonyl (C=O) groups excluding carboxylic acids is 1. The minimum atomic E-state index is -1.19. The molecule has 3 nitrogen and oxygen atoms in total. The molecule has 0 fully saturated rings. The number of carbonyl (C=O) groups is 1. The van der Waals surface area contributed by atoms with Crippen LogP contribution in [0.4, 0.5) is 0 Å². The highest BCUT2D eigenvalue weighted by atomic mass is 16.5. The van der Waals surface area contributed by atoms with Crippen LogP contribution < -0.4 is 0 Å². The van der Waals surface area contributed by atoms with Gasteiger partial charge in [0.05, 0.1) is 6.61 Å². The topological polar surface area (TPSA) is 46.5 Å². The molecule has 1 atom stereocenters. The Morgan fingerprint density at radius 1 is 1.28 bits per heavy atom. The summed E-state index contributed by atoms with van der Waals surface area (Å²) in [6.45, 7) is 8.52. The van der Waals surface area contributed by atoms with E-state index in [9.17, 15) is 9.90 Å². The number of benzene rings is 1. The van der Waals surface area contributed by atoms with Crippen LogP contribution in [0.15, 0.2) is 24.3 Å². The molecule has 1 aromatic rings. The van der Waals surface area contributed by atoms with Crippen LogP contribution in [0.25, 0.3) is 0 Å². The number of esters is 1. The third-order valence-electron chi connectivity index (χ3n) is 2.54. The van der Waals surface area contributed by atoms with Crippen molar-refractivity contribution in [2.75, 3.05) is 6.61 Å². The summed E-state index contributed by atoms with van der Waals surface area (Å²) in [5, 5.41) is 9.77. The van der Waals surface area contributed by atoms with Crippen LogP contribution in [0.3, 0.4) is 0 Å². The minimum absolute atomic E-state index is 0.223. The van der Waals surface area contributed by atoms with Gasteiger partial charge in [-0.3, -0.25) is 0 Å². The summed E-state index contributed by atoms with van der Waals surface area (Å²) in [5.74, 6) is -0.596. The molecule has 0 bridgehead atoms. The van der Waals surface area contributed by atoms with Crippen LogP contribution in [-0.4, -0.2) is 17.7 Å². The van der Waals surface area contributed by atoms with Crippen LogP contribution in [0.1, 0.15) is 44.9 Å². The number of aliphatic hydroxyl groups is 1. The van der Waals surface area contributed by atoms with Gasteiger partial charge in [0.25, 0.3) is 0 Å². The first-order valence-corrected chi connectivity index (χ1v) is 6.27. The predicted octanol–water partition coefficient (Wildman–Crippen LogP) is 2.87. The van der Waals surface area contributed by atoms with Crippen LogP contribution in [0, 0.1) is 5.41 Å². The molecule has 0 spiro atoms. The minimum Gasteiger partial charge on any atom is -0.464 e. The Labute approximate surface area is 109 Å². The molecule has 0 aliphatic heterocycles. The Morgan fingerprint density at radius 2 is 1.83 bits per heavy atom. The Kier molecular flexibility index (Phi) is 4.91. The van der Waals surface area contributed by atoms with Gasteiger partial charge < -0.3 is 9.84 Å². The third-order valence-corrected chi connectivity index (χ3v) is 2.54. The van der Waals surface area contributed by atoms with E-state index in [0.29, 0.717) is 5.56 Å². The molecule has 3 heteroatoms. The molecule has 0 saturated carbocycles. The third kappa shape index (κ3) is 4.49. The molecule has 0 aliphatic rings. The number of rotatable bonds is 4. The van der Waals surface area contributed by atoms with E-state index in [-0.39, 0.29) is 12.0 Å². The highest BCUT2D eigenvalue weighted by molar-refractivity contribution is 5.76. The Balaban J connectivity index is 2.73. The maximum absolute atomic E-state index is 11.4. The normalized spacial score (nSPS) is 13.2. The lowest BCUT2D eigenvalue weighted by Crippen LogP contribution is -2.15. The summed E-state index contributed by atoms with van der Waals surface area (Å²) < 4.78 is 4.78. The van der Waals surface area contributed by atoms with Gasteiger partial charge in [-0.05, 0) is 29.9 Å². The lowest BCUT2D eigenvalue weighted by atomic mass is 9.88. The van der Waals surface area contributed by atoms with Gasteiger partial charge in [0.15, 0.2) is 6.10 Å². The SMILES string of the molecule is CCOC(=O)C(O)c1ccc(CC(C)(C)C)cc1. The molecule has 0 aromatic heterocycles. The molecule has 1 unspecified atom stereocenters. The van der Waals surface area contributed by atoms with Crippen molar-refractivity contribution in [3.05, 3.63) is 35.4 Å². The zero-order chi connectivity index (χ0) is 13.8. The summed E-state index contributed by atoms with van der Waals surface area (Å²) in [4.78, 5) is 11.4. The van der Waals surface area contributed by atoms with Crippen molar-refractivity contribution in [3.8, 4) is 0 Å². The second kappa shape index (κ2) is 6.01. The average Bonchev–Trinajstić information content (AvgIpc) is 2.27. The number of ether oxygens (including phenoxy) is 1. The highest BCUT2D eigenvalue weighted by Gasteiger charge is 2.18. The number of aliphatic hydroxyl groups excluding tert-OH is 1. The fraction of sp³-hybridized carbons (Fsp3) is 0.533. The first kappa shape index (κ1) is 14.7. The molecule has 1 rings (SSSR count). The zero-order valence-electron chi connectivity index (χ0n) is 11.6. The lowest BCUT2D eigenvalue weighted by Gasteiger charge is -2.18. The Morgan fingerprint density at radius 3 is 2.28 bits per heavy atom. The van der Waals surface area contributed by atoms with Gasteiger partial charge >= 0.3 is 5.97 Å². The van der Waals surface area contributed by atoms with E-state index in [1.54, 1.807) is 19.1 Å². The molecule has 18 heavy (non-hydrogen) atoms. The molecular formula is C15H22O3. The van der Waals surface area contributed by atoms with E-state index in [4.69, 9.17) is 4.74 Å². The summed E-state index contributed by atoms with van der Waals surface area (Å²) >= 11 is 0. The van der Waals surface area contributed by atoms with Gasteiger partial charge in [-0.25, -0.2) is 4.79 Å². The maximum Gasteiger partial charge on any atom is 0.339 e. The number of hydrogen-bond donors (Lipinski definition) is 1. The van der Waals surface area contributed by atoms with Gasteiger partial charge in [0, 0.05) is 0 Å². The van der Waals surface area contributed by atoms with Crippen molar-refractivity contribution in [3.63, 3.8) is 0 Å². The lowest BCUT2D eigenvalue weighted by molar-refractivity contribution is -0.153. The maximum atomic E-state index is 11.4. The second-order valence-corrected chi connectivity index (χ2v) is 5.63. The van der Waals surface area contributed by atoms with Crippen LogP contribution >= 0.6 is 0 Å². The zero-order valence-corrected chi connectivity index (χ0v) is 11.6. The van der Waals surface area contributed by atoms with Crippen molar-refractivity contribution >= 4 is 5.97 Å². The average molecular weight is 250 g/mol. The van der Waals surface area contributed by atoms with E-state index in [0.717, 1.165) is 6.42 Å². The van der Waals surface area contributed by atoms with E-state index >= 15 is 0 Å². The van der Waals surface area contributed by atoms with Crippen LogP contribution in [0.2, 0.25) is 0 Å². The first-order valence-electron chi connectivity index (χ1n) is 6.27. The van der Waals surface area contributed by atoms with Gasteiger partial charge in [0.1, 0.15) is 0 Å². The summed E-state index contributed by atoms with van der Waals surface area (Å²) in [5.41, 5.74) is 2.00. The van der Waals surface area contributed by atoms with Crippen LogP contribution in [0.5, 0.6) is 0 Å². The molecule has 1 aromatic carbocycles. The Hall–Kier alpha value is -1.35. The summed E-state index contributed by atoms with van der Waals surface area (Å²) in [6.07, 6.45) is -0.225. The van der Waals surface area contributed by atoms with Crippen molar-refractivity contribution in [1.82, 2.24) is 0 Å². The summed E-state index contributed by atoms with van der Waals surface area (Å²) in [6, 6.07) is 7.46. The monoisotopic (exact) mass is 250 g/mol. The van der Waals surface area contributed by atoms with Crippen molar-refractivity contribution in [2.45, 2.75) is 40.2 Å². The van der Waals surface area contributed by atoms with Gasteiger partial charge in [-0.1, -0.05) is 45.0 Å². The molecule has 0 saturated heterocycles. The van der Waals surface area contributed by atoms with Gasteiger partial charge in [-0.2, -0.15) is 0 Å². The van der Waals surface area contributed by atoms with Gasteiger partial charge in [-0.15, -0.1) is 0 Å². The fourth-order valence-corrected chi connectivity index (χ4v) is 1.79. The largest absolute Gasteiger partial charge is 0.464 e. The quantitative estimate of drug-likeness (QED) is 0.836. The van der Waals surface area contributed by atoms with Crippen molar-refractivity contribution in [1.29, 1.82) is 0 Å². The van der Waals surface area contributed by atoms with Crippen molar-refractivity contribution < 1.29 is 14.6 Å². The summed E-state index contributed by atoms with van der Waals surface area (Å²) in [7, 11) is 0. The molecule has 0 radical (unpaired) electrons.